The number of piperazine rings is 1. The topological polar surface area (TPSA) is 56.4 Å². The van der Waals surface area contributed by atoms with Crippen LogP contribution in [-0.2, 0) is 0 Å². The lowest BCUT2D eigenvalue weighted by Crippen LogP contribution is -2.56. The molecular weight excluding hydrogens is 266 g/mol. The number of H-pyrrole nitrogens is 1. The van der Waals surface area contributed by atoms with E-state index in [1.807, 2.05) is 4.90 Å². The van der Waals surface area contributed by atoms with E-state index in [-0.39, 0.29) is 11.5 Å². The third kappa shape index (κ3) is 3.02. The molecule has 0 aromatic carbocycles. The summed E-state index contributed by atoms with van der Waals surface area (Å²) in [7, 11) is 0. The van der Waals surface area contributed by atoms with Crippen LogP contribution in [0, 0.1) is 0 Å². The molecule has 2 fully saturated rings. The van der Waals surface area contributed by atoms with E-state index in [4.69, 9.17) is 0 Å². The number of amides is 1. The lowest BCUT2D eigenvalue weighted by atomic mass is 10.1. The third-order valence-electron chi connectivity index (χ3n) is 4.76. The van der Waals surface area contributed by atoms with Crippen molar-refractivity contribution in [2.24, 2.45) is 0 Å². The molecule has 2 heterocycles. The van der Waals surface area contributed by atoms with Gasteiger partial charge in [0.25, 0.3) is 5.91 Å². The molecule has 0 unspecified atom stereocenters. The van der Waals surface area contributed by atoms with E-state index in [0.29, 0.717) is 17.8 Å². The highest BCUT2D eigenvalue weighted by Gasteiger charge is 2.32. The fourth-order valence-corrected chi connectivity index (χ4v) is 3.68. The van der Waals surface area contributed by atoms with Gasteiger partial charge in [0.05, 0.1) is 0 Å². The number of carbonyl (C=O) groups excluding carboxylic acids is 1. The molecule has 0 bridgehead atoms. The van der Waals surface area contributed by atoms with Crippen LogP contribution >= 0.6 is 0 Å². The van der Waals surface area contributed by atoms with Gasteiger partial charge in [-0.3, -0.25) is 14.5 Å². The normalized spacial score (nSPS) is 24.4. The Morgan fingerprint density at radius 2 is 2.00 bits per heavy atom. The summed E-state index contributed by atoms with van der Waals surface area (Å²) in [5, 5.41) is 0. The second-order valence-electron chi connectivity index (χ2n) is 6.21. The second-order valence-corrected chi connectivity index (χ2v) is 6.21. The van der Waals surface area contributed by atoms with Crippen molar-refractivity contribution in [3.05, 3.63) is 34.2 Å². The van der Waals surface area contributed by atoms with Crippen molar-refractivity contribution in [2.45, 2.75) is 44.7 Å². The maximum atomic E-state index is 12.5. The predicted molar refractivity (Wildman–Crippen MR) is 81.4 cm³/mol. The minimum absolute atomic E-state index is 0.0642. The summed E-state index contributed by atoms with van der Waals surface area (Å²) >= 11 is 0. The summed E-state index contributed by atoms with van der Waals surface area (Å²) in [5.41, 5.74) is 0.169. The van der Waals surface area contributed by atoms with Gasteiger partial charge in [0.1, 0.15) is 5.69 Å². The predicted octanol–water partition coefficient (Wildman–Crippen LogP) is 1.46. The van der Waals surface area contributed by atoms with Crippen molar-refractivity contribution in [1.82, 2.24) is 14.8 Å². The summed E-state index contributed by atoms with van der Waals surface area (Å²) in [6, 6.07) is 5.83. The van der Waals surface area contributed by atoms with Gasteiger partial charge < -0.3 is 9.88 Å². The number of hydrogen-bond donors (Lipinski definition) is 1. The SMILES string of the molecule is C[C@H]1CN(C(=O)c2cccc(=O)[nH]2)CCN1C1CCCC1. The van der Waals surface area contributed by atoms with Crippen LogP contribution in [0.3, 0.4) is 0 Å². The Labute approximate surface area is 124 Å². The number of carbonyl (C=O) groups is 1. The first kappa shape index (κ1) is 14.3. The molecule has 1 atom stereocenters. The molecule has 1 aliphatic carbocycles. The summed E-state index contributed by atoms with van der Waals surface area (Å²) in [4.78, 5) is 30.8. The highest BCUT2D eigenvalue weighted by Crippen LogP contribution is 2.26. The Hall–Kier alpha value is -1.62. The van der Waals surface area contributed by atoms with Crippen LogP contribution < -0.4 is 5.56 Å². The minimum Gasteiger partial charge on any atom is -0.335 e. The van der Waals surface area contributed by atoms with Crippen LogP contribution in [0.4, 0.5) is 0 Å². The summed E-state index contributed by atoms with van der Waals surface area (Å²) in [6.07, 6.45) is 5.26. The van der Waals surface area contributed by atoms with Gasteiger partial charge >= 0.3 is 0 Å². The monoisotopic (exact) mass is 289 g/mol. The third-order valence-corrected chi connectivity index (χ3v) is 4.76. The Morgan fingerprint density at radius 3 is 2.67 bits per heavy atom. The van der Waals surface area contributed by atoms with Gasteiger partial charge in [-0.05, 0) is 25.8 Å². The zero-order valence-corrected chi connectivity index (χ0v) is 12.5. The Bertz CT molecular complexity index is 563. The zero-order valence-electron chi connectivity index (χ0n) is 12.5. The molecule has 1 N–H and O–H groups in total. The van der Waals surface area contributed by atoms with Crippen LogP contribution in [0.5, 0.6) is 0 Å². The average molecular weight is 289 g/mol. The smallest absolute Gasteiger partial charge is 0.270 e. The number of aromatic amines is 1. The number of rotatable bonds is 2. The minimum atomic E-state index is -0.224. The lowest BCUT2D eigenvalue weighted by Gasteiger charge is -2.43. The summed E-state index contributed by atoms with van der Waals surface area (Å²) in [6.45, 7) is 4.63. The van der Waals surface area contributed by atoms with E-state index in [1.54, 1.807) is 12.1 Å². The van der Waals surface area contributed by atoms with Gasteiger partial charge in [0.2, 0.25) is 5.56 Å². The molecular formula is C16H23N3O2. The quantitative estimate of drug-likeness (QED) is 0.897. The first-order valence-corrected chi connectivity index (χ1v) is 7.89. The molecule has 5 nitrogen and oxygen atoms in total. The van der Waals surface area contributed by atoms with Gasteiger partial charge in [0, 0.05) is 37.8 Å². The molecule has 1 saturated heterocycles. The van der Waals surface area contributed by atoms with Crippen molar-refractivity contribution >= 4 is 5.91 Å². The van der Waals surface area contributed by atoms with Crippen molar-refractivity contribution in [2.75, 3.05) is 19.6 Å². The van der Waals surface area contributed by atoms with Crippen LogP contribution in [0.2, 0.25) is 0 Å². The van der Waals surface area contributed by atoms with Crippen molar-refractivity contribution < 1.29 is 4.79 Å². The van der Waals surface area contributed by atoms with Gasteiger partial charge in [-0.1, -0.05) is 18.9 Å². The fourth-order valence-electron chi connectivity index (χ4n) is 3.68. The van der Waals surface area contributed by atoms with Gasteiger partial charge in [-0.25, -0.2) is 0 Å². The molecule has 0 spiro atoms. The van der Waals surface area contributed by atoms with E-state index in [2.05, 4.69) is 16.8 Å². The van der Waals surface area contributed by atoms with Crippen LogP contribution in [0.25, 0.3) is 0 Å². The highest BCUT2D eigenvalue weighted by atomic mass is 16.2. The second kappa shape index (κ2) is 6.02. The van der Waals surface area contributed by atoms with Crippen LogP contribution in [-0.4, -0.2) is 52.4 Å². The Kier molecular flexibility index (Phi) is 4.10. The van der Waals surface area contributed by atoms with E-state index in [9.17, 15) is 9.59 Å². The van der Waals surface area contributed by atoms with Crippen LogP contribution in [0.1, 0.15) is 43.1 Å². The van der Waals surface area contributed by atoms with Gasteiger partial charge in [-0.2, -0.15) is 0 Å². The first-order valence-electron chi connectivity index (χ1n) is 7.89. The van der Waals surface area contributed by atoms with E-state index in [1.165, 1.54) is 31.7 Å². The molecule has 1 aliphatic heterocycles. The number of nitrogens with zero attached hydrogens (tertiary/aromatic N) is 2. The molecule has 3 rings (SSSR count). The number of hydrogen-bond acceptors (Lipinski definition) is 3. The molecule has 114 valence electrons. The summed E-state index contributed by atoms with van der Waals surface area (Å²) < 4.78 is 0. The summed E-state index contributed by atoms with van der Waals surface area (Å²) in [5.74, 6) is -0.0642. The van der Waals surface area contributed by atoms with E-state index < -0.39 is 0 Å². The molecule has 1 aromatic rings. The maximum absolute atomic E-state index is 12.5. The Morgan fingerprint density at radius 1 is 1.24 bits per heavy atom. The number of pyridine rings is 1. The van der Waals surface area contributed by atoms with Crippen molar-refractivity contribution in [3.8, 4) is 0 Å². The highest BCUT2D eigenvalue weighted by molar-refractivity contribution is 5.92. The average Bonchev–Trinajstić information content (AvgIpc) is 3.00. The Balaban J connectivity index is 1.66. The lowest BCUT2D eigenvalue weighted by molar-refractivity contribution is 0.0377. The molecule has 2 aliphatic rings. The maximum Gasteiger partial charge on any atom is 0.270 e. The fraction of sp³-hybridized carbons (Fsp3) is 0.625. The van der Waals surface area contributed by atoms with Crippen molar-refractivity contribution in [1.29, 1.82) is 0 Å². The largest absolute Gasteiger partial charge is 0.335 e. The molecule has 1 aromatic heterocycles. The molecule has 5 heteroatoms. The first-order chi connectivity index (χ1) is 10.1. The van der Waals surface area contributed by atoms with Crippen LogP contribution in [0.15, 0.2) is 23.0 Å². The number of aromatic nitrogens is 1. The molecule has 1 amide bonds. The zero-order chi connectivity index (χ0) is 14.8. The molecule has 1 saturated carbocycles. The van der Waals surface area contributed by atoms with E-state index >= 15 is 0 Å². The standard InChI is InChI=1S/C16H23N3O2/c1-12-11-18(9-10-19(12)13-5-2-3-6-13)16(21)14-7-4-8-15(20)17-14/h4,7-8,12-13H,2-3,5-6,9-11H2,1H3,(H,17,20)/t12-/m0/s1. The van der Waals surface area contributed by atoms with Gasteiger partial charge in [0.15, 0.2) is 0 Å². The van der Waals surface area contributed by atoms with E-state index in [0.717, 1.165) is 19.6 Å². The number of nitrogens with one attached hydrogen (secondary N) is 1. The van der Waals surface area contributed by atoms with Gasteiger partial charge in [-0.15, -0.1) is 0 Å². The molecule has 0 radical (unpaired) electrons. The molecule has 21 heavy (non-hydrogen) atoms. The van der Waals surface area contributed by atoms with Crippen molar-refractivity contribution in [3.63, 3.8) is 0 Å².